The summed E-state index contributed by atoms with van der Waals surface area (Å²) < 4.78 is 0. The van der Waals surface area contributed by atoms with Crippen LogP contribution in [0.3, 0.4) is 0 Å². The maximum Gasteiger partial charge on any atom is 0.0502 e. The summed E-state index contributed by atoms with van der Waals surface area (Å²) in [7, 11) is 0. The summed E-state index contributed by atoms with van der Waals surface area (Å²) in [6, 6.07) is 0. The largest absolute Gasteiger partial charge is 0.396 e. The highest BCUT2D eigenvalue weighted by atomic mass is 16.3. The van der Waals surface area contributed by atoms with Crippen LogP contribution in [0.4, 0.5) is 0 Å². The lowest BCUT2D eigenvalue weighted by molar-refractivity contribution is 0.120. The molecule has 2 heteroatoms. The van der Waals surface area contributed by atoms with Crippen molar-refractivity contribution < 1.29 is 5.11 Å². The molecule has 1 saturated carbocycles. The second-order valence-corrected chi connectivity index (χ2v) is 3.74. The van der Waals surface area contributed by atoms with Crippen LogP contribution in [0, 0.1) is 11.3 Å². The molecule has 0 radical (unpaired) electrons. The molecule has 0 unspecified atom stereocenters. The third kappa shape index (κ3) is 0.722. The van der Waals surface area contributed by atoms with E-state index in [1.54, 1.807) is 0 Å². The zero-order chi connectivity index (χ0) is 7.03. The Hall–Kier alpha value is -0.0800. The maximum absolute atomic E-state index is 9.19. The second-order valence-electron chi connectivity index (χ2n) is 3.74. The molecular formula is C8H15NO. The lowest BCUT2D eigenvalue weighted by Gasteiger charge is -2.24. The average molecular weight is 141 g/mol. The van der Waals surface area contributed by atoms with Crippen molar-refractivity contribution in [3.05, 3.63) is 0 Å². The number of hydrogen-bond acceptors (Lipinski definition) is 2. The van der Waals surface area contributed by atoms with Gasteiger partial charge in [0.25, 0.3) is 0 Å². The number of aliphatic hydroxyl groups is 1. The van der Waals surface area contributed by atoms with Crippen molar-refractivity contribution in [2.24, 2.45) is 11.3 Å². The summed E-state index contributed by atoms with van der Waals surface area (Å²) in [5, 5.41) is 12.5. The minimum atomic E-state index is 0.292. The molecule has 2 nitrogen and oxygen atoms in total. The fourth-order valence-electron chi connectivity index (χ4n) is 2.52. The third-order valence-electron chi connectivity index (χ3n) is 3.28. The van der Waals surface area contributed by atoms with Crippen LogP contribution in [-0.2, 0) is 0 Å². The van der Waals surface area contributed by atoms with Crippen molar-refractivity contribution >= 4 is 0 Å². The van der Waals surface area contributed by atoms with Gasteiger partial charge in [0.05, 0.1) is 6.61 Å². The average Bonchev–Trinajstić information content (AvgIpc) is 2.42. The zero-order valence-electron chi connectivity index (χ0n) is 6.27. The van der Waals surface area contributed by atoms with Crippen molar-refractivity contribution in [3.63, 3.8) is 0 Å². The number of fused-ring (bicyclic) bond motifs is 1. The Labute approximate surface area is 61.6 Å². The Balaban J connectivity index is 2.15. The third-order valence-corrected chi connectivity index (χ3v) is 3.28. The SMILES string of the molecule is OC[C@]12CCC[C@H]1CNC2. The van der Waals surface area contributed by atoms with Crippen molar-refractivity contribution in [1.82, 2.24) is 5.32 Å². The summed E-state index contributed by atoms with van der Waals surface area (Å²) in [4.78, 5) is 0. The fourth-order valence-corrected chi connectivity index (χ4v) is 2.52. The van der Waals surface area contributed by atoms with Gasteiger partial charge in [-0.15, -0.1) is 0 Å². The van der Waals surface area contributed by atoms with Crippen molar-refractivity contribution in [3.8, 4) is 0 Å². The van der Waals surface area contributed by atoms with Crippen molar-refractivity contribution in [2.75, 3.05) is 19.7 Å². The molecule has 0 aromatic heterocycles. The predicted octanol–water partition coefficient (Wildman–Crippen LogP) is 0.368. The molecule has 0 spiro atoms. The van der Waals surface area contributed by atoms with Gasteiger partial charge in [-0.1, -0.05) is 6.42 Å². The van der Waals surface area contributed by atoms with Gasteiger partial charge in [0, 0.05) is 12.0 Å². The maximum atomic E-state index is 9.19. The lowest BCUT2D eigenvalue weighted by Crippen LogP contribution is -2.29. The summed E-state index contributed by atoms with van der Waals surface area (Å²) in [6.07, 6.45) is 3.89. The van der Waals surface area contributed by atoms with E-state index in [9.17, 15) is 5.11 Å². The van der Waals surface area contributed by atoms with E-state index in [0.717, 1.165) is 19.0 Å². The highest BCUT2D eigenvalue weighted by Gasteiger charge is 2.45. The van der Waals surface area contributed by atoms with Gasteiger partial charge in [-0.3, -0.25) is 0 Å². The number of hydrogen-bond donors (Lipinski definition) is 2. The Morgan fingerprint density at radius 1 is 1.60 bits per heavy atom. The first-order valence-electron chi connectivity index (χ1n) is 4.19. The standard InChI is InChI=1S/C8H15NO/c10-6-8-3-1-2-7(8)4-9-5-8/h7,9-10H,1-6H2/t7-,8+/m0/s1. The minimum Gasteiger partial charge on any atom is -0.396 e. The number of rotatable bonds is 1. The summed E-state index contributed by atoms with van der Waals surface area (Å²) in [5.74, 6) is 0.775. The molecule has 2 aliphatic rings. The Bertz CT molecular complexity index is 125. The van der Waals surface area contributed by atoms with Gasteiger partial charge in [0.1, 0.15) is 0 Å². The van der Waals surface area contributed by atoms with Crippen LogP contribution in [0.1, 0.15) is 19.3 Å². The molecule has 10 heavy (non-hydrogen) atoms. The quantitative estimate of drug-likeness (QED) is 0.553. The zero-order valence-corrected chi connectivity index (χ0v) is 6.27. The molecule has 0 bridgehead atoms. The Morgan fingerprint density at radius 3 is 3.20 bits per heavy atom. The van der Waals surface area contributed by atoms with Crippen LogP contribution in [0.15, 0.2) is 0 Å². The smallest absolute Gasteiger partial charge is 0.0502 e. The monoisotopic (exact) mass is 141 g/mol. The molecule has 0 aromatic rings. The summed E-state index contributed by atoms with van der Waals surface area (Å²) in [6.45, 7) is 2.58. The topological polar surface area (TPSA) is 32.3 Å². The second kappa shape index (κ2) is 2.21. The van der Waals surface area contributed by atoms with Gasteiger partial charge in [0.2, 0.25) is 0 Å². The van der Waals surface area contributed by atoms with Crippen LogP contribution < -0.4 is 5.32 Å². The van der Waals surface area contributed by atoms with E-state index in [2.05, 4.69) is 5.32 Å². The van der Waals surface area contributed by atoms with Gasteiger partial charge in [0.15, 0.2) is 0 Å². The molecule has 1 aliphatic carbocycles. The molecule has 2 N–H and O–H groups in total. The van der Waals surface area contributed by atoms with E-state index in [-0.39, 0.29) is 0 Å². The molecule has 2 atom stereocenters. The van der Waals surface area contributed by atoms with Gasteiger partial charge in [-0.05, 0) is 25.3 Å². The molecule has 0 amide bonds. The summed E-state index contributed by atoms with van der Waals surface area (Å²) in [5.41, 5.74) is 0.292. The van der Waals surface area contributed by atoms with E-state index in [0.29, 0.717) is 12.0 Å². The molecule has 58 valence electrons. The van der Waals surface area contributed by atoms with Gasteiger partial charge < -0.3 is 10.4 Å². The molecule has 2 rings (SSSR count). The molecular weight excluding hydrogens is 126 g/mol. The van der Waals surface area contributed by atoms with Crippen molar-refractivity contribution in [1.29, 1.82) is 0 Å². The van der Waals surface area contributed by atoms with E-state index in [4.69, 9.17) is 0 Å². The Morgan fingerprint density at radius 2 is 2.50 bits per heavy atom. The van der Waals surface area contributed by atoms with Gasteiger partial charge in [-0.25, -0.2) is 0 Å². The molecule has 0 aromatic carbocycles. The first kappa shape index (κ1) is 6.62. The minimum absolute atomic E-state index is 0.292. The van der Waals surface area contributed by atoms with E-state index < -0.39 is 0 Å². The molecule has 1 saturated heterocycles. The Kier molecular flexibility index (Phi) is 1.46. The van der Waals surface area contributed by atoms with E-state index >= 15 is 0 Å². The predicted molar refractivity (Wildman–Crippen MR) is 39.7 cm³/mol. The van der Waals surface area contributed by atoms with E-state index in [1.807, 2.05) is 0 Å². The molecule has 1 aliphatic heterocycles. The van der Waals surface area contributed by atoms with Crippen molar-refractivity contribution in [2.45, 2.75) is 19.3 Å². The molecule has 1 heterocycles. The molecule has 2 fully saturated rings. The summed E-state index contributed by atoms with van der Waals surface area (Å²) >= 11 is 0. The van der Waals surface area contributed by atoms with Crippen LogP contribution >= 0.6 is 0 Å². The first-order chi connectivity index (χ1) is 4.87. The lowest BCUT2D eigenvalue weighted by atomic mass is 9.82. The van der Waals surface area contributed by atoms with Crippen LogP contribution in [0.2, 0.25) is 0 Å². The van der Waals surface area contributed by atoms with Crippen LogP contribution in [0.5, 0.6) is 0 Å². The number of nitrogens with one attached hydrogen (secondary N) is 1. The highest BCUT2D eigenvalue weighted by Crippen LogP contribution is 2.44. The van der Waals surface area contributed by atoms with Crippen LogP contribution in [-0.4, -0.2) is 24.8 Å². The highest BCUT2D eigenvalue weighted by molar-refractivity contribution is 4.98. The first-order valence-corrected chi connectivity index (χ1v) is 4.19. The van der Waals surface area contributed by atoms with Gasteiger partial charge >= 0.3 is 0 Å². The van der Waals surface area contributed by atoms with E-state index in [1.165, 1.54) is 19.3 Å². The number of aliphatic hydroxyl groups excluding tert-OH is 1. The fraction of sp³-hybridized carbons (Fsp3) is 1.00. The van der Waals surface area contributed by atoms with Gasteiger partial charge in [-0.2, -0.15) is 0 Å². The normalized spacial score (nSPS) is 45.9. The van der Waals surface area contributed by atoms with Crippen LogP contribution in [0.25, 0.3) is 0 Å².